The van der Waals surface area contributed by atoms with Crippen molar-refractivity contribution in [3.63, 3.8) is 0 Å². The van der Waals surface area contributed by atoms with E-state index in [0.29, 0.717) is 25.4 Å². The molecule has 3 N–H and O–H groups in total. The second kappa shape index (κ2) is 8.62. The second-order valence-corrected chi connectivity index (χ2v) is 7.40. The fourth-order valence-electron chi connectivity index (χ4n) is 3.16. The second-order valence-electron chi connectivity index (χ2n) is 6.38. The number of hydrogen-bond acceptors (Lipinski definition) is 7. The number of carbonyl (C=O) groups is 2. The molecule has 1 fully saturated rings. The first-order valence-corrected chi connectivity index (χ1v) is 10.3. The molecule has 0 radical (unpaired) electrons. The molecule has 0 bridgehead atoms. The average molecular weight is 391 g/mol. The van der Waals surface area contributed by atoms with Crippen LogP contribution in [0.1, 0.15) is 25.3 Å². The van der Waals surface area contributed by atoms with Gasteiger partial charge in [0.2, 0.25) is 5.12 Å². The molecule has 0 spiro atoms. The van der Waals surface area contributed by atoms with Gasteiger partial charge in [0.05, 0.1) is 6.61 Å². The molecule has 1 aromatic rings. The molecule has 8 nitrogen and oxygen atoms in total. The summed E-state index contributed by atoms with van der Waals surface area (Å²) in [6.45, 7) is 3.42. The van der Waals surface area contributed by atoms with Gasteiger partial charge in [-0.15, -0.1) is 0 Å². The van der Waals surface area contributed by atoms with Crippen LogP contribution >= 0.6 is 11.8 Å². The lowest BCUT2D eigenvalue weighted by Crippen LogP contribution is -2.70. The van der Waals surface area contributed by atoms with Gasteiger partial charge in [0, 0.05) is 24.7 Å². The van der Waals surface area contributed by atoms with Crippen molar-refractivity contribution in [2.45, 2.75) is 30.9 Å². The first-order valence-electron chi connectivity index (χ1n) is 9.04. The van der Waals surface area contributed by atoms with Crippen LogP contribution in [0.4, 0.5) is 4.79 Å². The Hall–Kier alpha value is -2.26. The van der Waals surface area contributed by atoms with Crippen molar-refractivity contribution in [2.75, 3.05) is 26.0 Å². The largest absolute Gasteiger partial charge is 0.450 e. The third-order valence-corrected chi connectivity index (χ3v) is 5.54. The molecule has 0 saturated carbocycles. The van der Waals surface area contributed by atoms with Gasteiger partial charge in [0.1, 0.15) is 0 Å². The van der Waals surface area contributed by atoms with Gasteiger partial charge in [-0.05, 0) is 26.0 Å². The number of carbonyl (C=O) groups excluding carboxylic acids is 2. The monoisotopic (exact) mass is 391 g/mol. The van der Waals surface area contributed by atoms with E-state index in [1.54, 1.807) is 11.8 Å². The molecule has 0 aliphatic carbocycles. The Morgan fingerprint density at radius 2 is 2.07 bits per heavy atom. The highest BCUT2D eigenvalue weighted by molar-refractivity contribution is 7.99. The summed E-state index contributed by atoms with van der Waals surface area (Å²) in [5.74, 6) is -0.231. The predicted molar refractivity (Wildman–Crippen MR) is 105 cm³/mol. The molecule has 1 saturated heterocycles. The quantitative estimate of drug-likeness (QED) is 0.655. The van der Waals surface area contributed by atoms with E-state index in [4.69, 9.17) is 4.74 Å². The number of thioether (sulfide) groups is 1. The highest BCUT2D eigenvalue weighted by atomic mass is 32.2. The minimum atomic E-state index is -0.869. The summed E-state index contributed by atoms with van der Waals surface area (Å²) in [6, 6.07) is 9.49. The number of ether oxygens (including phenoxy) is 1. The zero-order valence-electron chi connectivity index (χ0n) is 15.5. The van der Waals surface area contributed by atoms with E-state index < -0.39 is 5.12 Å². The van der Waals surface area contributed by atoms with Crippen LogP contribution in [-0.4, -0.2) is 59.7 Å². The lowest BCUT2D eigenvalue weighted by molar-refractivity contribution is -0.117. The summed E-state index contributed by atoms with van der Waals surface area (Å²) in [5.41, 5.74) is 4.19. The summed E-state index contributed by atoms with van der Waals surface area (Å²) >= 11 is 1.44. The highest BCUT2D eigenvalue weighted by Gasteiger charge is 2.39. The standard InChI is InChI=1S/C18H25N5O3S/c1-3-26-17(25)23-11-9-14(10-12-23)19-18(27-2)20-16(24)15(21-22-18)13-7-5-4-6-8-13/h4-8,14,19,22H,3,9-12H2,1-2H3,(H,20,24)/t18-/m0/s1. The highest BCUT2D eigenvalue weighted by Crippen LogP contribution is 2.21. The number of likely N-dealkylation sites (tertiary alicyclic amines) is 1. The number of benzene rings is 1. The van der Waals surface area contributed by atoms with Gasteiger partial charge >= 0.3 is 6.09 Å². The maximum Gasteiger partial charge on any atom is 0.409 e. The topological polar surface area (TPSA) is 95.1 Å². The minimum absolute atomic E-state index is 0.143. The smallest absolute Gasteiger partial charge is 0.409 e. The SMILES string of the molecule is CCOC(=O)N1CCC(N[C@@]2(SC)NN=C(c3ccccc3)C(=O)N2)CC1. The fourth-order valence-corrected chi connectivity index (χ4v) is 3.77. The summed E-state index contributed by atoms with van der Waals surface area (Å²) in [7, 11) is 0. The van der Waals surface area contributed by atoms with Crippen LogP contribution in [0.5, 0.6) is 0 Å². The first-order chi connectivity index (χ1) is 13.1. The number of nitrogens with zero attached hydrogens (tertiary/aromatic N) is 2. The number of piperidine rings is 1. The van der Waals surface area contributed by atoms with Gasteiger partial charge in [-0.3, -0.25) is 15.5 Å². The number of amides is 2. The maximum atomic E-state index is 12.6. The van der Waals surface area contributed by atoms with Crippen LogP contribution in [0, 0.1) is 0 Å². The van der Waals surface area contributed by atoms with Crippen molar-refractivity contribution in [3.8, 4) is 0 Å². The Morgan fingerprint density at radius 3 is 2.67 bits per heavy atom. The molecule has 146 valence electrons. The van der Waals surface area contributed by atoms with Crippen LogP contribution < -0.4 is 16.1 Å². The normalized spacial score (nSPS) is 23.3. The zero-order valence-corrected chi connectivity index (χ0v) is 16.3. The van der Waals surface area contributed by atoms with E-state index in [1.807, 2.05) is 36.6 Å². The summed E-state index contributed by atoms with van der Waals surface area (Å²) in [4.78, 5) is 26.2. The Labute approximate surface area is 163 Å². The molecule has 27 heavy (non-hydrogen) atoms. The van der Waals surface area contributed by atoms with E-state index >= 15 is 0 Å². The van der Waals surface area contributed by atoms with Crippen LogP contribution in [0.25, 0.3) is 0 Å². The summed E-state index contributed by atoms with van der Waals surface area (Å²) in [6.07, 6.45) is 3.18. The molecule has 9 heteroatoms. The Kier molecular flexibility index (Phi) is 6.22. The van der Waals surface area contributed by atoms with Crippen molar-refractivity contribution in [3.05, 3.63) is 35.9 Å². The van der Waals surface area contributed by atoms with Crippen LogP contribution in [0.2, 0.25) is 0 Å². The minimum Gasteiger partial charge on any atom is -0.450 e. The Morgan fingerprint density at radius 1 is 1.37 bits per heavy atom. The molecule has 2 aliphatic rings. The van der Waals surface area contributed by atoms with Crippen molar-refractivity contribution in [1.82, 2.24) is 21.0 Å². The van der Waals surface area contributed by atoms with Gasteiger partial charge in [0.15, 0.2) is 5.71 Å². The third kappa shape index (κ3) is 4.54. The van der Waals surface area contributed by atoms with Crippen molar-refractivity contribution < 1.29 is 14.3 Å². The Balaban J connectivity index is 1.62. The third-order valence-electron chi connectivity index (χ3n) is 4.61. The molecule has 1 atom stereocenters. The predicted octanol–water partition coefficient (Wildman–Crippen LogP) is 1.29. The van der Waals surface area contributed by atoms with Crippen LogP contribution in [0.15, 0.2) is 35.4 Å². The first kappa shape index (κ1) is 19.5. The van der Waals surface area contributed by atoms with Crippen LogP contribution in [0.3, 0.4) is 0 Å². The summed E-state index contributed by atoms with van der Waals surface area (Å²) in [5, 5.41) is 9.90. The number of hydrogen-bond donors (Lipinski definition) is 3. The Bertz CT molecular complexity index is 706. The molecule has 0 aromatic heterocycles. The van der Waals surface area contributed by atoms with E-state index in [-0.39, 0.29) is 18.0 Å². The molecular formula is C18H25N5O3S. The zero-order chi connectivity index (χ0) is 19.3. The van der Waals surface area contributed by atoms with Crippen LogP contribution in [-0.2, 0) is 9.53 Å². The van der Waals surface area contributed by atoms with E-state index in [0.717, 1.165) is 18.4 Å². The van der Waals surface area contributed by atoms with Gasteiger partial charge in [-0.2, -0.15) is 5.10 Å². The molecule has 2 heterocycles. The molecule has 3 rings (SSSR count). The van der Waals surface area contributed by atoms with E-state index in [1.165, 1.54) is 11.8 Å². The molecule has 1 aromatic carbocycles. The molecule has 2 amide bonds. The van der Waals surface area contributed by atoms with Crippen molar-refractivity contribution in [1.29, 1.82) is 0 Å². The van der Waals surface area contributed by atoms with Gasteiger partial charge in [-0.1, -0.05) is 42.1 Å². The summed E-state index contributed by atoms with van der Waals surface area (Å²) < 4.78 is 5.05. The van der Waals surface area contributed by atoms with E-state index in [9.17, 15) is 9.59 Å². The van der Waals surface area contributed by atoms with Gasteiger partial charge in [-0.25, -0.2) is 4.79 Å². The number of hydrazone groups is 1. The molecule has 2 aliphatic heterocycles. The number of nitrogens with one attached hydrogen (secondary N) is 3. The van der Waals surface area contributed by atoms with Crippen molar-refractivity contribution in [2.24, 2.45) is 5.10 Å². The molecular weight excluding hydrogens is 366 g/mol. The lowest BCUT2D eigenvalue weighted by atomic mass is 10.1. The van der Waals surface area contributed by atoms with E-state index in [2.05, 4.69) is 21.2 Å². The van der Waals surface area contributed by atoms with Crippen molar-refractivity contribution >= 4 is 29.5 Å². The van der Waals surface area contributed by atoms with Gasteiger partial charge < -0.3 is 15.0 Å². The number of rotatable bonds is 5. The lowest BCUT2D eigenvalue weighted by Gasteiger charge is -2.41. The maximum absolute atomic E-state index is 12.6. The van der Waals surface area contributed by atoms with Gasteiger partial charge in [0.25, 0.3) is 5.91 Å². The fraction of sp³-hybridized carbons (Fsp3) is 0.500. The molecule has 0 unspecified atom stereocenters. The average Bonchev–Trinajstić information content (AvgIpc) is 2.69.